The molecule has 0 radical (unpaired) electrons. The Labute approximate surface area is 152 Å². The zero-order valence-electron chi connectivity index (χ0n) is 14.8. The van der Waals surface area contributed by atoms with Crippen molar-refractivity contribution in [2.24, 2.45) is 0 Å². The molecule has 0 spiro atoms. The second-order valence-electron chi connectivity index (χ2n) is 7.63. The number of fused-ring (bicyclic) bond motifs is 3. The van der Waals surface area contributed by atoms with Crippen LogP contribution in [0.15, 0.2) is 29.4 Å². The summed E-state index contributed by atoms with van der Waals surface area (Å²) in [6.07, 6.45) is 5.61. The second kappa shape index (κ2) is 6.48. The molecule has 1 aliphatic heterocycles. The van der Waals surface area contributed by atoms with Gasteiger partial charge in [0.2, 0.25) is 5.91 Å². The molecule has 1 saturated carbocycles. The van der Waals surface area contributed by atoms with Crippen molar-refractivity contribution in [2.75, 3.05) is 5.75 Å². The molecule has 2 heterocycles. The van der Waals surface area contributed by atoms with E-state index in [1.807, 2.05) is 6.07 Å². The first-order chi connectivity index (χ1) is 12.0. The molecule has 1 aromatic heterocycles. The Balaban J connectivity index is 1.53. The lowest BCUT2D eigenvalue weighted by atomic mass is 9.87. The lowest BCUT2D eigenvalue weighted by Gasteiger charge is -2.34. The molecule has 6 heteroatoms. The Morgan fingerprint density at radius 2 is 2.04 bits per heavy atom. The van der Waals surface area contributed by atoms with Gasteiger partial charge in [0.1, 0.15) is 0 Å². The summed E-state index contributed by atoms with van der Waals surface area (Å²) >= 11 is 1.49. The fourth-order valence-corrected chi connectivity index (χ4v) is 4.90. The minimum absolute atomic E-state index is 0.0998. The van der Waals surface area contributed by atoms with Gasteiger partial charge in [-0.3, -0.25) is 9.36 Å². The maximum absolute atomic E-state index is 12.2. The van der Waals surface area contributed by atoms with E-state index in [1.165, 1.54) is 30.2 Å². The van der Waals surface area contributed by atoms with E-state index in [-0.39, 0.29) is 11.4 Å². The van der Waals surface area contributed by atoms with Gasteiger partial charge >= 0.3 is 0 Å². The van der Waals surface area contributed by atoms with Gasteiger partial charge in [0, 0.05) is 17.1 Å². The number of thioether (sulfide) groups is 1. The third kappa shape index (κ3) is 3.19. The summed E-state index contributed by atoms with van der Waals surface area (Å²) in [5, 5.41) is 12.8. The van der Waals surface area contributed by atoms with Crippen molar-refractivity contribution in [1.29, 1.82) is 0 Å². The van der Waals surface area contributed by atoms with Gasteiger partial charge in [-0.2, -0.15) is 0 Å². The fourth-order valence-electron chi connectivity index (χ4n) is 3.99. The van der Waals surface area contributed by atoms with Gasteiger partial charge in [0.15, 0.2) is 11.0 Å². The summed E-state index contributed by atoms with van der Waals surface area (Å²) in [4.78, 5) is 12.2. The number of carbonyl (C=O) groups is 1. The molecule has 25 heavy (non-hydrogen) atoms. The van der Waals surface area contributed by atoms with Crippen LogP contribution in [0.25, 0.3) is 11.4 Å². The molecule has 5 nitrogen and oxygen atoms in total. The Morgan fingerprint density at radius 1 is 1.28 bits per heavy atom. The maximum atomic E-state index is 12.2. The molecule has 0 unspecified atom stereocenters. The second-order valence-corrected chi connectivity index (χ2v) is 8.57. The number of nitrogens with one attached hydrogen (secondary N) is 1. The third-order valence-electron chi connectivity index (χ3n) is 5.17. The molecule has 1 amide bonds. The summed E-state index contributed by atoms with van der Waals surface area (Å²) in [5.41, 5.74) is 2.36. The molecule has 1 aliphatic carbocycles. The number of rotatable bonds is 4. The van der Waals surface area contributed by atoms with Crippen LogP contribution in [-0.4, -0.2) is 32.5 Å². The Kier molecular flexibility index (Phi) is 4.31. The number of aromatic nitrogens is 3. The highest BCUT2D eigenvalue weighted by Crippen LogP contribution is 2.39. The van der Waals surface area contributed by atoms with Crippen molar-refractivity contribution in [2.45, 2.75) is 62.7 Å². The monoisotopic (exact) mass is 356 g/mol. The van der Waals surface area contributed by atoms with E-state index in [9.17, 15) is 4.79 Å². The molecule has 2 aromatic rings. The van der Waals surface area contributed by atoms with Crippen molar-refractivity contribution in [3.8, 4) is 11.4 Å². The van der Waals surface area contributed by atoms with Gasteiger partial charge in [0.25, 0.3) is 0 Å². The fraction of sp³-hybridized carbons (Fsp3) is 0.526. The van der Waals surface area contributed by atoms with E-state index < -0.39 is 0 Å². The van der Waals surface area contributed by atoms with Crippen LogP contribution in [0.3, 0.4) is 0 Å². The predicted molar refractivity (Wildman–Crippen MR) is 99.6 cm³/mol. The van der Waals surface area contributed by atoms with E-state index in [0.29, 0.717) is 11.8 Å². The van der Waals surface area contributed by atoms with Gasteiger partial charge in [-0.15, -0.1) is 10.2 Å². The van der Waals surface area contributed by atoms with Crippen LogP contribution >= 0.6 is 11.8 Å². The van der Waals surface area contributed by atoms with E-state index >= 15 is 0 Å². The van der Waals surface area contributed by atoms with Crippen LogP contribution in [0.2, 0.25) is 0 Å². The van der Waals surface area contributed by atoms with Crippen LogP contribution in [0.1, 0.15) is 45.1 Å². The zero-order chi connectivity index (χ0) is 17.4. The first-order valence-corrected chi connectivity index (χ1v) is 9.99. The lowest BCUT2D eigenvalue weighted by molar-refractivity contribution is -0.119. The minimum atomic E-state index is -0.0998. The highest BCUT2D eigenvalue weighted by atomic mass is 32.2. The summed E-state index contributed by atoms with van der Waals surface area (Å²) in [7, 11) is 0. The molecule has 0 atom stereocenters. The molecule has 0 saturated heterocycles. The molecular formula is C19H24N4OS. The Hall–Kier alpha value is -1.82. The number of nitrogens with zero attached hydrogens (tertiary/aromatic N) is 3. The summed E-state index contributed by atoms with van der Waals surface area (Å²) in [5.74, 6) is 1.40. The first-order valence-electron chi connectivity index (χ1n) is 9.01. The first kappa shape index (κ1) is 16.6. The van der Waals surface area contributed by atoms with Gasteiger partial charge in [-0.1, -0.05) is 48.9 Å². The van der Waals surface area contributed by atoms with Crippen LogP contribution in [0.5, 0.6) is 0 Å². The van der Waals surface area contributed by atoms with Crippen LogP contribution in [0.4, 0.5) is 0 Å². The number of hydrogen-bond donors (Lipinski definition) is 1. The largest absolute Gasteiger partial charge is 0.353 e. The highest BCUT2D eigenvalue weighted by Gasteiger charge is 2.34. The van der Waals surface area contributed by atoms with Crippen LogP contribution < -0.4 is 5.32 Å². The Bertz CT molecular complexity index is 792. The quantitative estimate of drug-likeness (QED) is 0.853. The van der Waals surface area contributed by atoms with E-state index in [1.54, 1.807) is 0 Å². The van der Waals surface area contributed by atoms with Crippen molar-refractivity contribution in [3.63, 3.8) is 0 Å². The average Bonchev–Trinajstić information content (AvgIpc) is 3.22. The van der Waals surface area contributed by atoms with Gasteiger partial charge < -0.3 is 5.32 Å². The Morgan fingerprint density at radius 3 is 2.84 bits per heavy atom. The van der Waals surface area contributed by atoms with Crippen molar-refractivity contribution < 1.29 is 4.79 Å². The molecule has 2 aliphatic rings. The smallest absolute Gasteiger partial charge is 0.230 e. The van der Waals surface area contributed by atoms with Crippen LogP contribution in [-0.2, 0) is 16.8 Å². The van der Waals surface area contributed by atoms with Gasteiger partial charge in [-0.25, -0.2) is 0 Å². The van der Waals surface area contributed by atoms with Gasteiger partial charge in [-0.05, 0) is 38.7 Å². The number of amides is 1. The topological polar surface area (TPSA) is 59.8 Å². The summed E-state index contributed by atoms with van der Waals surface area (Å²) < 4.78 is 2.20. The van der Waals surface area contributed by atoms with E-state index in [0.717, 1.165) is 35.8 Å². The van der Waals surface area contributed by atoms with Crippen molar-refractivity contribution >= 4 is 17.7 Å². The third-order valence-corrected chi connectivity index (χ3v) is 6.10. The van der Waals surface area contributed by atoms with Crippen LogP contribution in [0, 0.1) is 0 Å². The van der Waals surface area contributed by atoms with Gasteiger partial charge in [0.05, 0.1) is 5.75 Å². The summed E-state index contributed by atoms with van der Waals surface area (Å²) in [6.45, 7) is 4.41. The molecular weight excluding hydrogens is 332 g/mol. The number of hydrogen-bond acceptors (Lipinski definition) is 4. The molecule has 1 N–H and O–H groups in total. The SMILES string of the molecule is CC1(C)Cc2ccccc2-c2nnc(SCC(=O)NC3CCCC3)n21. The number of carbonyl (C=O) groups excluding carboxylic acids is 1. The highest BCUT2D eigenvalue weighted by molar-refractivity contribution is 7.99. The zero-order valence-corrected chi connectivity index (χ0v) is 15.6. The molecule has 0 bridgehead atoms. The normalized spacial score (nSPS) is 18.6. The average molecular weight is 356 g/mol. The van der Waals surface area contributed by atoms with E-state index in [4.69, 9.17) is 0 Å². The standard InChI is InChI=1S/C19H24N4OS/c1-19(2)11-13-7-3-6-10-15(13)17-21-22-18(23(17)19)25-12-16(24)20-14-8-4-5-9-14/h3,6-7,10,14H,4-5,8-9,11-12H2,1-2H3,(H,20,24). The van der Waals surface area contributed by atoms with Crippen molar-refractivity contribution in [1.82, 2.24) is 20.1 Å². The molecule has 132 valence electrons. The number of benzene rings is 1. The summed E-state index contributed by atoms with van der Waals surface area (Å²) in [6, 6.07) is 8.74. The lowest BCUT2D eigenvalue weighted by Crippen LogP contribution is -2.35. The minimum Gasteiger partial charge on any atom is -0.353 e. The maximum Gasteiger partial charge on any atom is 0.230 e. The van der Waals surface area contributed by atoms with Crippen molar-refractivity contribution in [3.05, 3.63) is 29.8 Å². The molecule has 4 rings (SSSR count). The molecule has 1 aromatic carbocycles. The molecule has 1 fully saturated rings. The predicted octanol–water partition coefficient (Wildman–Crippen LogP) is 3.39. The van der Waals surface area contributed by atoms with E-state index in [2.05, 4.69) is 52.1 Å².